The minimum atomic E-state index is -0.0968. The summed E-state index contributed by atoms with van der Waals surface area (Å²) in [6.45, 7) is 6.41. The number of hydrogen-bond acceptors (Lipinski definition) is 5. The molecule has 24 heavy (non-hydrogen) atoms. The van der Waals surface area contributed by atoms with Gasteiger partial charge in [-0.3, -0.25) is 4.79 Å². The van der Waals surface area contributed by atoms with Crippen LogP contribution in [0.1, 0.15) is 50.5 Å². The summed E-state index contributed by atoms with van der Waals surface area (Å²) in [6, 6.07) is 0.173. The maximum absolute atomic E-state index is 12.0. The number of aryl methyl sites for hydroxylation is 1. The number of aromatic nitrogens is 2. The normalized spacial score (nSPS) is 18.2. The molecule has 2 atom stereocenters. The van der Waals surface area contributed by atoms with Crippen LogP contribution in [0.3, 0.4) is 0 Å². The fourth-order valence-corrected chi connectivity index (χ4v) is 4.65. The van der Waals surface area contributed by atoms with Gasteiger partial charge in [-0.15, -0.1) is 11.3 Å². The average Bonchev–Trinajstić information content (AvgIpc) is 2.90. The molecule has 3 rings (SSSR count). The van der Waals surface area contributed by atoms with Gasteiger partial charge in [-0.25, -0.2) is 9.97 Å². The van der Waals surface area contributed by atoms with Gasteiger partial charge >= 0.3 is 0 Å². The molecule has 0 unspecified atom stereocenters. The fraction of sp³-hybridized carbons (Fsp3) is 0.611. The van der Waals surface area contributed by atoms with Crippen molar-refractivity contribution in [2.75, 3.05) is 6.61 Å². The summed E-state index contributed by atoms with van der Waals surface area (Å²) in [5.74, 6) is 1.17. The van der Waals surface area contributed by atoms with Crippen LogP contribution >= 0.6 is 11.3 Å². The summed E-state index contributed by atoms with van der Waals surface area (Å²) in [7, 11) is 0. The average molecular weight is 347 g/mol. The van der Waals surface area contributed by atoms with Gasteiger partial charge in [0.15, 0.2) is 6.61 Å². The number of ether oxygens (including phenoxy) is 1. The van der Waals surface area contributed by atoms with Gasteiger partial charge in [0.2, 0.25) is 5.88 Å². The van der Waals surface area contributed by atoms with Gasteiger partial charge < -0.3 is 10.1 Å². The summed E-state index contributed by atoms with van der Waals surface area (Å²) < 4.78 is 5.75. The van der Waals surface area contributed by atoms with Crippen LogP contribution in [-0.2, 0) is 17.6 Å². The van der Waals surface area contributed by atoms with Crippen LogP contribution in [0.2, 0.25) is 0 Å². The second-order valence-corrected chi connectivity index (χ2v) is 7.84. The zero-order chi connectivity index (χ0) is 17.1. The van der Waals surface area contributed by atoms with Crippen molar-refractivity contribution in [3.05, 3.63) is 16.8 Å². The number of hydrogen-bond donors (Lipinski definition) is 1. The van der Waals surface area contributed by atoms with Gasteiger partial charge in [0.1, 0.15) is 11.2 Å². The molecular formula is C18H25N3O2S. The van der Waals surface area contributed by atoms with Gasteiger partial charge in [0.25, 0.3) is 5.91 Å². The van der Waals surface area contributed by atoms with Crippen molar-refractivity contribution in [3.63, 3.8) is 0 Å². The van der Waals surface area contributed by atoms with E-state index in [2.05, 4.69) is 29.1 Å². The topological polar surface area (TPSA) is 64.1 Å². The first-order chi connectivity index (χ1) is 11.6. The first-order valence-corrected chi connectivity index (χ1v) is 9.57. The van der Waals surface area contributed by atoms with Crippen molar-refractivity contribution < 1.29 is 9.53 Å². The third kappa shape index (κ3) is 3.69. The van der Waals surface area contributed by atoms with E-state index >= 15 is 0 Å². The van der Waals surface area contributed by atoms with Crippen LogP contribution < -0.4 is 10.1 Å². The largest absolute Gasteiger partial charge is 0.467 e. The van der Waals surface area contributed by atoms with E-state index in [1.807, 2.05) is 6.92 Å². The molecule has 1 N–H and O–H groups in total. The third-order valence-corrected chi connectivity index (χ3v) is 5.69. The molecule has 6 heteroatoms. The van der Waals surface area contributed by atoms with Crippen LogP contribution in [-0.4, -0.2) is 28.5 Å². The number of nitrogens with zero attached hydrogens (tertiary/aromatic N) is 2. The van der Waals surface area contributed by atoms with Gasteiger partial charge in [-0.1, -0.05) is 20.3 Å². The number of carbonyl (C=O) groups excluding carboxylic acids is 1. The Hall–Kier alpha value is -1.69. The molecule has 5 nitrogen and oxygen atoms in total. The van der Waals surface area contributed by atoms with Crippen molar-refractivity contribution in [1.29, 1.82) is 0 Å². The van der Waals surface area contributed by atoms with Crippen molar-refractivity contribution >= 4 is 27.5 Å². The summed E-state index contributed by atoms with van der Waals surface area (Å²) in [5.41, 5.74) is 1.32. The summed E-state index contributed by atoms with van der Waals surface area (Å²) in [4.78, 5) is 23.1. The maximum Gasteiger partial charge on any atom is 0.258 e. The molecule has 0 bridgehead atoms. The molecule has 2 aromatic heterocycles. The summed E-state index contributed by atoms with van der Waals surface area (Å²) >= 11 is 1.74. The first-order valence-electron chi connectivity index (χ1n) is 8.75. The van der Waals surface area contributed by atoms with Crippen LogP contribution in [0, 0.1) is 5.92 Å². The molecule has 0 spiro atoms. The van der Waals surface area contributed by atoms with E-state index in [0.29, 0.717) is 11.8 Å². The van der Waals surface area contributed by atoms with E-state index < -0.39 is 0 Å². The van der Waals surface area contributed by atoms with E-state index in [-0.39, 0.29) is 18.6 Å². The van der Waals surface area contributed by atoms with Crippen LogP contribution in [0.25, 0.3) is 10.2 Å². The Balaban J connectivity index is 1.74. The highest BCUT2D eigenvalue weighted by atomic mass is 32.1. The molecule has 1 aliphatic rings. The first kappa shape index (κ1) is 17.1. The van der Waals surface area contributed by atoms with Gasteiger partial charge in [0.05, 0.1) is 5.39 Å². The van der Waals surface area contributed by atoms with E-state index in [9.17, 15) is 4.79 Å². The Morgan fingerprint density at radius 1 is 1.50 bits per heavy atom. The van der Waals surface area contributed by atoms with E-state index in [1.165, 1.54) is 23.2 Å². The second kappa shape index (κ2) is 7.47. The van der Waals surface area contributed by atoms with Crippen LogP contribution in [0.5, 0.6) is 5.88 Å². The lowest BCUT2D eigenvalue weighted by molar-refractivity contribution is -0.123. The molecule has 1 aliphatic carbocycles. The van der Waals surface area contributed by atoms with Gasteiger partial charge in [-0.05, 0) is 44.1 Å². The van der Waals surface area contributed by atoms with Crippen molar-refractivity contribution in [3.8, 4) is 5.88 Å². The molecule has 1 amide bonds. The summed E-state index contributed by atoms with van der Waals surface area (Å²) in [5, 5.41) is 3.97. The predicted octanol–water partition coefficient (Wildman–Crippen LogP) is 3.50. The zero-order valence-electron chi connectivity index (χ0n) is 14.6. The van der Waals surface area contributed by atoms with Crippen molar-refractivity contribution in [1.82, 2.24) is 15.3 Å². The minimum Gasteiger partial charge on any atom is -0.467 e. The molecule has 0 fully saturated rings. The number of thiophene rings is 1. The number of carbonyl (C=O) groups is 1. The van der Waals surface area contributed by atoms with Gasteiger partial charge in [0, 0.05) is 10.9 Å². The molecule has 2 aromatic rings. The smallest absolute Gasteiger partial charge is 0.258 e. The molecule has 0 radical (unpaired) electrons. The molecule has 0 saturated carbocycles. The number of rotatable bonds is 6. The number of amides is 1. The quantitative estimate of drug-likeness (QED) is 0.869. The standard InChI is InChI=1S/C18H25N3O2S/c1-4-5-12(3)21-15(22)9-23-17-16-13-7-6-11(2)8-14(13)24-18(16)20-10-19-17/h10-12H,4-9H2,1-3H3,(H,21,22)/t11-,12+/m1/s1. The summed E-state index contributed by atoms with van der Waals surface area (Å²) in [6.07, 6.45) is 6.88. The lowest BCUT2D eigenvalue weighted by Gasteiger charge is -2.18. The minimum absolute atomic E-state index is 0.00118. The lowest BCUT2D eigenvalue weighted by atomic mass is 9.89. The molecule has 0 aliphatic heterocycles. The highest BCUT2D eigenvalue weighted by Gasteiger charge is 2.23. The third-order valence-electron chi connectivity index (χ3n) is 4.53. The molecule has 0 aromatic carbocycles. The Morgan fingerprint density at radius 3 is 3.12 bits per heavy atom. The van der Waals surface area contributed by atoms with Crippen LogP contribution in [0.4, 0.5) is 0 Å². The fourth-order valence-electron chi connectivity index (χ4n) is 3.31. The highest BCUT2D eigenvalue weighted by molar-refractivity contribution is 7.18. The van der Waals surface area contributed by atoms with Crippen LogP contribution in [0.15, 0.2) is 6.33 Å². The van der Waals surface area contributed by atoms with Crippen molar-refractivity contribution in [2.45, 2.75) is 58.9 Å². The Labute approximate surface area is 146 Å². The SMILES string of the molecule is CCC[C@H](C)NC(=O)COc1ncnc2sc3c(c12)CC[C@@H](C)C3. The molecule has 130 valence electrons. The molecular weight excluding hydrogens is 322 g/mol. The second-order valence-electron chi connectivity index (χ2n) is 6.76. The van der Waals surface area contributed by atoms with E-state index in [4.69, 9.17) is 4.74 Å². The monoisotopic (exact) mass is 347 g/mol. The van der Waals surface area contributed by atoms with Gasteiger partial charge in [-0.2, -0.15) is 0 Å². The highest BCUT2D eigenvalue weighted by Crippen LogP contribution is 2.40. The Morgan fingerprint density at radius 2 is 2.33 bits per heavy atom. The number of fused-ring (bicyclic) bond motifs is 3. The molecule has 0 saturated heterocycles. The Bertz CT molecular complexity index is 728. The maximum atomic E-state index is 12.0. The zero-order valence-corrected chi connectivity index (χ0v) is 15.4. The van der Waals surface area contributed by atoms with E-state index in [1.54, 1.807) is 11.3 Å². The Kier molecular flexibility index (Phi) is 5.33. The van der Waals surface area contributed by atoms with E-state index in [0.717, 1.165) is 35.9 Å². The number of nitrogens with one attached hydrogen (secondary N) is 1. The molecule has 2 heterocycles. The van der Waals surface area contributed by atoms with Crippen molar-refractivity contribution in [2.24, 2.45) is 5.92 Å². The predicted molar refractivity (Wildman–Crippen MR) is 96.6 cm³/mol. The lowest BCUT2D eigenvalue weighted by Crippen LogP contribution is -2.36.